The number of halogens is 1. The Kier molecular flexibility index (Phi) is 1.90. The van der Waals surface area contributed by atoms with Crippen molar-refractivity contribution in [1.29, 1.82) is 0 Å². The molecule has 2 fully saturated rings. The van der Waals surface area contributed by atoms with Crippen LogP contribution in [0.1, 0.15) is 39.0 Å². The van der Waals surface area contributed by atoms with Crippen molar-refractivity contribution in [2.75, 3.05) is 0 Å². The van der Waals surface area contributed by atoms with E-state index in [9.17, 15) is 4.39 Å². The summed E-state index contributed by atoms with van der Waals surface area (Å²) in [7, 11) is 0. The van der Waals surface area contributed by atoms with Gasteiger partial charge < -0.3 is 5.73 Å². The van der Waals surface area contributed by atoms with Crippen LogP contribution in [0.25, 0.3) is 0 Å². The van der Waals surface area contributed by atoms with Gasteiger partial charge in [-0.15, -0.1) is 0 Å². The molecule has 2 heteroatoms. The lowest BCUT2D eigenvalue weighted by atomic mass is 9.70. The van der Waals surface area contributed by atoms with Gasteiger partial charge in [-0.25, -0.2) is 4.39 Å². The van der Waals surface area contributed by atoms with Crippen LogP contribution in [0.3, 0.4) is 0 Å². The van der Waals surface area contributed by atoms with E-state index in [1.54, 1.807) is 6.92 Å². The SMILES string of the molecule is CC(F)C(C1CCC1)C1(N)CC1. The van der Waals surface area contributed by atoms with Gasteiger partial charge in [-0.2, -0.15) is 0 Å². The van der Waals surface area contributed by atoms with E-state index in [2.05, 4.69) is 0 Å². The highest BCUT2D eigenvalue weighted by Crippen LogP contribution is 2.50. The highest BCUT2D eigenvalue weighted by Gasteiger charge is 2.52. The molecular weight excluding hydrogens is 153 g/mol. The maximum Gasteiger partial charge on any atom is 0.102 e. The molecule has 2 saturated carbocycles. The first-order valence-corrected chi connectivity index (χ1v) is 5.06. The summed E-state index contributed by atoms with van der Waals surface area (Å²) < 4.78 is 13.3. The van der Waals surface area contributed by atoms with Crippen molar-refractivity contribution in [3.05, 3.63) is 0 Å². The molecule has 0 bridgehead atoms. The average Bonchev–Trinajstić information content (AvgIpc) is 2.58. The van der Waals surface area contributed by atoms with Gasteiger partial charge in [0.25, 0.3) is 0 Å². The van der Waals surface area contributed by atoms with E-state index in [0.717, 1.165) is 12.8 Å². The Bertz CT molecular complexity index is 171. The fraction of sp³-hybridized carbons (Fsp3) is 1.00. The summed E-state index contributed by atoms with van der Waals surface area (Å²) in [6, 6.07) is 0. The lowest BCUT2D eigenvalue weighted by Gasteiger charge is -2.38. The first kappa shape index (κ1) is 8.49. The molecule has 2 aliphatic carbocycles. The summed E-state index contributed by atoms with van der Waals surface area (Å²) in [5, 5.41) is 0. The topological polar surface area (TPSA) is 26.0 Å². The minimum absolute atomic E-state index is 0.112. The lowest BCUT2D eigenvalue weighted by molar-refractivity contribution is 0.0887. The quantitative estimate of drug-likeness (QED) is 0.692. The highest BCUT2D eigenvalue weighted by atomic mass is 19.1. The van der Waals surface area contributed by atoms with Crippen molar-refractivity contribution in [2.45, 2.75) is 50.7 Å². The maximum absolute atomic E-state index is 13.3. The number of hydrogen-bond donors (Lipinski definition) is 1. The molecule has 70 valence electrons. The van der Waals surface area contributed by atoms with E-state index in [0.29, 0.717) is 5.92 Å². The van der Waals surface area contributed by atoms with Crippen molar-refractivity contribution in [3.8, 4) is 0 Å². The second-order valence-corrected chi connectivity index (χ2v) is 4.63. The van der Waals surface area contributed by atoms with Crippen molar-refractivity contribution in [3.63, 3.8) is 0 Å². The molecule has 2 aliphatic rings. The van der Waals surface area contributed by atoms with E-state index in [-0.39, 0.29) is 11.5 Å². The van der Waals surface area contributed by atoms with Gasteiger partial charge in [0.1, 0.15) is 6.17 Å². The minimum atomic E-state index is -0.706. The number of rotatable bonds is 3. The number of hydrogen-bond acceptors (Lipinski definition) is 1. The number of alkyl halides is 1. The predicted octanol–water partition coefficient (Wildman–Crippen LogP) is 2.25. The predicted molar refractivity (Wildman–Crippen MR) is 47.6 cm³/mol. The van der Waals surface area contributed by atoms with Gasteiger partial charge in [0.2, 0.25) is 0 Å². The smallest absolute Gasteiger partial charge is 0.102 e. The van der Waals surface area contributed by atoms with Crippen LogP contribution in [0, 0.1) is 11.8 Å². The van der Waals surface area contributed by atoms with Crippen LogP contribution in [-0.4, -0.2) is 11.7 Å². The molecule has 12 heavy (non-hydrogen) atoms. The Morgan fingerprint density at radius 1 is 1.42 bits per heavy atom. The normalized spacial score (nSPS) is 32.2. The van der Waals surface area contributed by atoms with Crippen molar-refractivity contribution in [2.24, 2.45) is 17.6 Å². The summed E-state index contributed by atoms with van der Waals surface area (Å²) in [4.78, 5) is 0. The van der Waals surface area contributed by atoms with Crippen molar-refractivity contribution >= 4 is 0 Å². The van der Waals surface area contributed by atoms with E-state index in [4.69, 9.17) is 5.73 Å². The van der Waals surface area contributed by atoms with Crippen molar-refractivity contribution in [1.82, 2.24) is 0 Å². The zero-order chi connectivity index (χ0) is 8.77. The summed E-state index contributed by atoms with van der Waals surface area (Å²) in [6.45, 7) is 1.68. The van der Waals surface area contributed by atoms with Crippen LogP contribution in [0.2, 0.25) is 0 Å². The molecule has 0 amide bonds. The van der Waals surface area contributed by atoms with Gasteiger partial charge in [0.15, 0.2) is 0 Å². The van der Waals surface area contributed by atoms with Crippen LogP contribution >= 0.6 is 0 Å². The fourth-order valence-electron chi connectivity index (χ4n) is 2.58. The summed E-state index contributed by atoms with van der Waals surface area (Å²) in [5.74, 6) is 0.753. The summed E-state index contributed by atoms with van der Waals surface area (Å²) in [5.41, 5.74) is 5.95. The fourth-order valence-corrected chi connectivity index (χ4v) is 2.58. The highest BCUT2D eigenvalue weighted by molar-refractivity contribution is 5.08. The zero-order valence-electron chi connectivity index (χ0n) is 7.72. The standard InChI is InChI=1S/C10H18FN/c1-7(11)9(8-3-2-4-8)10(12)5-6-10/h7-9H,2-6,12H2,1H3. The molecule has 2 atom stereocenters. The van der Waals surface area contributed by atoms with E-state index < -0.39 is 6.17 Å². The van der Waals surface area contributed by atoms with Gasteiger partial charge in [-0.05, 0) is 38.5 Å². The molecule has 1 nitrogen and oxygen atoms in total. The molecule has 0 saturated heterocycles. The molecule has 0 aromatic carbocycles. The third-order valence-corrected chi connectivity index (χ3v) is 3.64. The molecular formula is C10H18FN. The molecule has 0 heterocycles. The van der Waals surface area contributed by atoms with Crippen LogP contribution in [0.4, 0.5) is 4.39 Å². The summed E-state index contributed by atoms with van der Waals surface area (Å²) >= 11 is 0. The molecule has 2 N–H and O–H groups in total. The second-order valence-electron chi connectivity index (χ2n) is 4.63. The van der Waals surface area contributed by atoms with Crippen LogP contribution in [-0.2, 0) is 0 Å². The maximum atomic E-state index is 13.3. The van der Waals surface area contributed by atoms with Gasteiger partial charge in [0, 0.05) is 11.5 Å². The van der Waals surface area contributed by atoms with Gasteiger partial charge >= 0.3 is 0 Å². The Hall–Kier alpha value is -0.110. The van der Waals surface area contributed by atoms with E-state index in [1.165, 1.54) is 19.3 Å². The van der Waals surface area contributed by atoms with Crippen LogP contribution in [0.15, 0.2) is 0 Å². The van der Waals surface area contributed by atoms with Gasteiger partial charge in [-0.1, -0.05) is 6.42 Å². The third-order valence-electron chi connectivity index (χ3n) is 3.64. The van der Waals surface area contributed by atoms with Crippen LogP contribution in [0.5, 0.6) is 0 Å². The second kappa shape index (κ2) is 2.69. The zero-order valence-corrected chi connectivity index (χ0v) is 7.72. The van der Waals surface area contributed by atoms with E-state index >= 15 is 0 Å². The third kappa shape index (κ3) is 1.26. The average molecular weight is 171 g/mol. The molecule has 2 unspecified atom stereocenters. The van der Waals surface area contributed by atoms with Crippen LogP contribution < -0.4 is 5.73 Å². The number of nitrogens with two attached hydrogens (primary N) is 1. The molecule has 0 aromatic rings. The largest absolute Gasteiger partial charge is 0.325 e. The molecule has 0 spiro atoms. The Labute approximate surface area is 73.5 Å². The Morgan fingerprint density at radius 2 is 2.00 bits per heavy atom. The minimum Gasteiger partial charge on any atom is -0.325 e. The van der Waals surface area contributed by atoms with Gasteiger partial charge in [-0.3, -0.25) is 0 Å². The molecule has 0 aromatic heterocycles. The van der Waals surface area contributed by atoms with E-state index in [1.807, 2.05) is 0 Å². The van der Waals surface area contributed by atoms with Gasteiger partial charge in [0.05, 0.1) is 0 Å². The Morgan fingerprint density at radius 3 is 2.25 bits per heavy atom. The summed E-state index contributed by atoms with van der Waals surface area (Å²) in [6.07, 6.45) is 5.08. The molecule has 0 aliphatic heterocycles. The lowest BCUT2D eigenvalue weighted by Crippen LogP contribution is -2.44. The monoisotopic (exact) mass is 171 g/mol. The molecule has 0 radical (unpaired) electrons. The first-order chi connectivity index (χ1) is 5.63. The molecule has 2 rings (SSSR count). The first-order valence-electron chi connectivity index (χ1n) is 5.06. The van der Waals surface area contributed by atoms with Crippen molar-refractivity contribution < 1.29 is 4.39 Å². The Balaban J connectivity index is 2.01.